The van der Waals surface area contributed by atoms with Crippen molar-refractivity contribution in [3.8, 4) is 0 Å². The van der Waals surface area contributed by atoms with Crippen molar-refractivity contribution >= 4 is 50.5 Å². The van der Waals surface area contributed by atoms with E-state index in [1.807, 2.05) is 31.2 Å². The van der Waals surface area contributed by atoms with E-state index in [1.54, 1.807) is 36.4 Å². The number of amides is 1. The number of morpholine rings is 1. The summed E-state index contributed by atoms with van der Waals surface area (Å²) in [7, 11) is -3.72. The van der Waals surface area contributed by atoms with E-state index in [0.717, 1.165) is 16.7 Å². The van der Waals surface area contributed by atoms with Crippen molar-refractivity contribution in [1.82, 2.24) is 4.31 Å². The van der Waals surface area contributed by atoms with Crippen LogP contribution in [0.15, 0.2) is 65.6 Å². The SMILES string of the molecule is Cc1ccc(S(=O)(=O)N2CCOCC2)cc1NC1(Cc2cccc(Cl)c2)C(=O)Nc2cc(Cl)ccc21. The van der Waals surface area contributed by atoms with Crippen molar-refractivity contribution in [2.75, 3.05) is 36.9 Å². The molecule has 7 nitrogen and oxygen atoms in total. The summed E-state index contributed by atoms with van der Waals surface area (Å²) in [4.78, 5) is 13.8. The largest absolute Gasteiger partial charge is 0.379 e. The first kappa shape index (κ1) is 25.0. The van der Waals surface area contributed by atoms with Gasteiger partial charge in [-0.15, -0.1) is 0 Å². The summed E-state index contributed by atoms with van der Waals surface area (Å²) >= 11 is 12.5. The Bertz CT molecular complexity index is 1440. The summed E-state index contributed by atoms with van der Waals surface area (Å²) in [5.41, 5.74) is 2.31. The molecule has 1 saturated heterocycles. The van der Waals surface area contributed by atoms with Gasteiger partial charge < -0.3 is 15.4 Å². The van der Waals surface area contributed by atoms with Gasteiger partial charge in [-0.3, -0.25) is 4.79 Å². The number of fused-ring (bicyclic) bond motifs is 1. The molecule has 0 bridgehead atoms. The van der Waals surface area contributed by atoms with Gasteiger partial charge in [0.25, 0.3) is 5.91 Å². The number of carbonyl (C=O) groups excluding carboxylic acids is 1. The zero-order valence-electron chi connectivity index (χ0n) is 19.6. The van der Waals surface area contributed by atoms with Gasteiger partial charge in [0.05, 0.1) is 18.1 Å². The zero-order valence-corrected chi connectivity index (χ0v) is 21.9. The average Bonchev–Trinajstić information content (AvgIpc) is 3.10. The summed E-state index contributed by atoms with van der Waals surface area (Å²) in [6.07, 6.45) is 0.286. The summed E-state index contributed by atoms with van der Waals surface area (Å²) in [6.45, 7) is 3.19. The number of hydrogen-bond donors (Lipinski definition) is 2. The number of sulfonamides is 1. The van der Waals surface area contributed by atoms with Crippen molar-refractivity contribution in [3.05, 3.63) is 87.4 Å². The molecule has 10 heteroatoms. The fraction of sp³-hybridized carbons (Fsp3) is 0.269. The summed E-state index contributed by atoms with van der Waals surface area (Å²) in [6, 6.07) is 17.5. The molecule has 36 heavy (non-hydrogen) atoms. The highest BCUT2D eigenvalue weighted by molar-refractivity contribution is 7.89. The number of hydrogen-bond acceptors (Lipinski definition) is 5. The molecular weight excluding hydrogens is 521 g/mol. The Morgan fingerprint density at radius 2 is 1.78 bits per heavy atom. The third-order valence-electron chi connectivity index (χ3n) is 6.60. The van der Waals surface area contributed by atoms with Crippen molar-refractivity contribution in [2.24, 2.45) is 0 Å². The van der Waals surface area contributed by atoms with Gasteiger partial charge in [0.2, 0.25) is 10.0 Å². The molecule has 2 aliphatic heterocycles. The van der Waals surface area contributed by atoms with E-state index in [9.17, 15) is 13.2 Å². The minimum Gasteiger partial charge on any atom is -0.379 e. The fourth-order valence-corrected chi connectivity index (χ4v) is 6.52. The zero-order chi connectivity index (χ0) is 25.5. The van der Waals surface area contributed by atoms with Crippen LogP contribution < -0.4 is 10.6 Å². The molecule has 188 valence electrons. The van der Waals surface area contributed by atoms with Crippen LogP contribution >= 0.6 is 23.2 Å². The first-order valence-corrected chi connectivity index (χ1v) is 13.7. The Morgan fingerprint density at radius 1 is 1.03 bits per heavy atom. The van der Waals surface area contributed by atoms with Gasteiger partial charge in [0.1, 0.15) is 5.54 Å². The van der Waals surface area contributed by atoms with Crippen LogP contribution in [0.4, 0.5) is 11.4 Å². The van der Waals surface area contributed by atoms with E-state index < -0.39 is 15.6 Å². The van der Waals surface area contributed by atoms with Crippen LogP contribution in [-0.2, 0) is 31.5 Å². The predicted octanol–water partition coefficient (Wildman–Crippen LogP) is 4.82. The molecule has 1 amide bonds. The van der Waals surface area contributed by atoms with Crippen LogP contribution in [0, 0.1) is 6.92 Å². The molecule has 5 rings (SSSR count). The monoisotopic (exact) mass is 545 g/mol. The number of ether oxygens (including phenoxy) is 1. The molecule has 0 aliphatic carbocycles. The van der Waals surface area contributed by atoms with E-state index in [4.69, 9.17) is 27.9 Å². The molecule has 0 radical (unpaired) electrons. The maximum atomic E-state index is 13.6. The van der Waals surface area contributed by atoms with Crippen molar-refractivity contribution in [1.29, 1.82) is 0 Å². The molecule has 3 aromatic carbocycles. The third kappa shape index (κ3) is 4.60. The lowest BCUT2D eigenvalue weighted by Gasteiger charge is -2.32. The number of aryl methyl sites for hydroxylation is 1. The lowest BCUT2D eigenvalue weighted by molar-refractivity contribution is -0.119. The minimum absolute atomic E-state index is 0.158. The van der Waals surface area contributed by atoms with Gasteiger partial charge in [-0.1, -0.05) is 47.5 Å². The molecule has 2 N–H and O–H groups in total. The van der Waals surface area contributed by atoms with Crippen LogP contribution in [0.3, 0.4) is 0 Å². The summed E-state index contributed by atoms with van der Waals surface area (Å²) in [5.74, 6) is -0.263. The first-order chi connectivity index (χ1) is 17.2. The molecule has 1 unspecified atom stereocenters. The van der Waals surface area contributed by atoms with Gasteiger partial charge in [0.15, 0.2) is 0 Å². The average molecular weight is 546 g/mol. The van der Waals surface area contributed by atoms with E-state index in [-0.39, 0.29) is 17.2 Å². The highest BCUT2D eigenvalue weighted by Crippen LogP contribution is 2.43. The van der Waals surface area contributed by atoms with Crippen molar-refractivity contribution in [3.63, 3.8) is 0 Å². The third-order valence-corrected chi connectivity index (χ3v) is 8.97. The van der Waals surface area contributed by atoms with Gasteiger partial charge >= 0.3 is 0 Å². The lowest BCUT2D eigenvalue weighted by atomic mass is 9.84. The maximum absolute atomic E-state index is 13.6. The van der Waals surface area contributed by atoms with Gasteiger partial charge in [0, 0.05) is 46.5 Å². The number of rotatable bonds is 6. The molecule has 2 aliphatic rings. The van der Waals surface area contributed by atoms with Crippen molar-refractivity contribution < 1.29 is 17.9 Å². The minimum atomic E-state index is -3.72. The lowest BCUT2D eigenvalue weighted by Crippen LogP contribution is -2.44. The number of anilines is 2. The molecule has 2 heterocycles. The number of nitrogens with zero attached hydrogens (tertiary/aromatic N) is 1. The van der Waals surface area contributed by atoms with Crippen LogP contribution in [0.1, 0.15) is 16.7 Å². The van der Waals surface area contributed by atoms with Gasteiger partial charge in [-0.2, -0.15) is 4.31 Å². The number of nitrogens with one attached hydrogen (secondary N) is 2. The molecule has 1 fully saturated rings. The second-order valence-electron chi connectivity index (χ2n) is 8.97. The Labute approximate surface area is 220 Å². The normalized spacial score (nSPS) is 20.1. The molecule has 1 atom stereocenters. The van der Waals surface area contributed by atoms with Gasteiger partial charge in [-0.05, 0) is 54.4 Å². The van der Waals surface area contributed by atoms with E-state index in [2.05, 4.69) is 10.6 Å². The summed E-state index contributed by atoms with van der Waals surface area (Å²) in [5, 5.41) is 7.43. The smallest absolute Gasteiger partial charge is 0.255 e. The molecule has 3 aromatic rings. The van der Waals surface area contributed by atoms with Crippen LogP contribution in [0.2, 0.25) is 10.0 Å². The second-order valence-corrected chi connectivity index (χ2v) is 11.8. The van der Waals surface area contributed by atoms with Gasteiger partial charge in [-0.25, -0.2) is 8.42 Å². The number of halogens is 2. The van der Waals surface area contributed by atoms with Crippen LogP contribution in [-0.4, -0.2) is 44.9 Å². The molecule has 0 saturated carbocycles. The van der Waals surface area contributed by atoms with Crippen molar-refractivity contribution in [2.45, 2.75) is 23.8 Å². The highest BCUT2D eigenvalue weighted by Gasteiger charge is 2.47. The topological polar surface area (TPSA) is 87.7 Å². The van der Waals surface area contributed by atoms with E-state index >= 15 is 0 Å². The van der Waals surface area contributed by atoms with E-state index in [1.165, 1.54) is 4.31 Å². The molecule has 0 spiro atoms. The number of carbonyl (C=O) groups is 1. The number of benzene rings is 3. The highest BCUT2D eigenvalue weighted by atomic mass is 35.5. The molecule has 0 aromatic heterocycles. The predicted molar refractivity (Wildman–Crippen MR) is 141 cm³/mol. The Hall–Kier alpha value is -2.62. The Morgan fingerprint density at radius 3 is 2.53 bits per heavy atom. The Kier molecular flexibility index (Phi) is 6.74. The summed E-state index contributed by atoms with van der Waals surface area (Å²) < 4.78 is 33.4. The van der Waals surface area contributed by atoms with Crippen LogP contribution in [0.25, 0.3) is 0 Å². The first-order valence-electron chi connectivity index (χ1n) is 11.5. The van der Waals surface area contributed by atoms with E-state index in [0.29, 0.717) is 47.7 Å². The molecular formula is C26H25Cl2N3O4S. The fourth-order valence-electron chi connectivity index (χ4n) is 4.70. The van der Waals surface area contributed by atoms with Crippen LogP contribution in [0.5, 0.6) is 0 Å². The Balaban J connectivity index is 1.59. The quantitative estimate of drug-likeness (QED) is 0.463. The standard InChI is InChI=1S/C26H25Cl2N3O4S/c1-17-5-7-21(36(33,34)31-9-11-35-12-10-31)15-23(17)30-26(16-18-3-2-4-19(27)13-18)22-8-6-20(28)14-24(22)29-25(26)32/h2-8,13-15,30H,9-12,16H2,1H3,(H,29,32). The maximum Gasteiger partial charge on any atom is 0.255 e. The second kappa shape index (κ2) is 9.68.